The predicted molar refractivity (Wildman–Crippen MR) is 105 cm³/mol. The number of carbonyl (C=O) groups excluding carboxylic acids is 2. The van der Waals surface area contributed by atoms with Crippen molar-refractivity contribution < 1.29 is 9.59 Å². The van der Waals surface area contributed by atoms with Crippen LogP contribution >= 0.6 is 22.7 Å². The van der Waals surface area contributed by atoms with Crippen molar-refractivity contribution >= 4 is 34.5 Å². The van der Waals surface area contributed by atoms with Crippen molar-refractivity contribution in [2.24, 2.45) is 0 Å². The molecule has 0 aliphatic carbocycles. The molecule has 0 fully saturated rings. The van der Waals surface area contributed by atoms with Crippen LogP contribution in [0.5, 0.6) is 0 Å². The molecule has 2 rings (SSSR count). The zero-order valence-electron chi connectivity index (χ0n) is 14.6. The summed E-state index contributed by atoms with van der Waals surface area (Å²) in [6.45, 7) is 2.59. The Labute approximate surface area is 157 Å². The van der Waals surface area contributed by atoms with Gasteiger partial charge in [0.2, 0.25) is 11.8 Å². The van der Waals surface area contributed by atoms with E-state index in [0.29, 0.717) is 19.4 Å². The van der Waals surface area contributed by atoms with Gasteiger partial charge in [0.1, 0.15) is 0 Å². The summed E-state index contributed by atoms with van der Waals surface area (Å²) in [6.07, 6.45) is 4.38. The Balaban J connectivity index is 1.67. The minimum absolute atomic E-state index is 0.00604. The van der Waals surface area contributed by atoms with E-state index in [-0.39, 0.29) is 17.9 Å². The first-order valence-corrected chi connectivity index (χ1v) is 10.5. The molecule has 0 aliphatic rings. The number of rotatable bonds is 11. The summed E-state index contributed by atoms with van der Waals surface area (Å²) in [7, 11) is 0. The van der Waals surface area contributed by atoms with Crippen molar-refractivity contribution in [1.82, 2.24) is 10.6 Å². The van der Waals surface area contributed by atoms with Gasteiger partial charge >= 0.3 is 0 Å². The zero-order chi connectivity index (χ0) is 17.9. The molecule has 0 aromatic carbocycles. The first kappa shape index (κ1) is 19.7. The van der Waals surface area contributed by atoms with E-state index in [1.54, 1.807) is 22.7 Å². The second kappa shape index (κ2) is 11.1. The summed E-state index contributed by atoms with van der Waals surface area (Å²) in [6, 6.07) is 8.11. The smallest absolute Gasteiger partial charge is 0.220 e. The van der Waals surface area contributed by atoms with Gasteiger partial charge in [0.05, 0.1) is 0 Å². The van der Waals surface area contributed by atoms with Crippen LogP contribution < -0.4 is 10.6 Å². The fourth-order valence-electron chi connectivity index (χ4n) is 2.58. The molecule has 2 heterocycles. The monoisotopic (exact) mass is 378 g/mol. The van der Waals surface area contributed by atoms with Crippen molar-refractivity contribution in [1.29, 1.82) is 0 Å². The van der Waals surface area contributed by atoms with E-state index >= 15 is 0 Å². The van der Waals surface area contributed by atoms with Gasteiger partial charge < -0.3 is 10.6 Å². The van der Waals surface area contributed by atoms with Crippen molar-refractivity contribution in [2.75, 3.05) is 6.54 Å². The molecular formula is C19H26N2O2S2. The Bertz CT molecular complexity index is 624. The number of hydrogen-bond acceptors (Lipinski definition) is 4. The molecule has 6 heteroatoms. The van der Waals surface area contributed by atoms with Crippen molar-refractivity contribution in [3.05, 3.63) is 44.8 Å². The Kier molecular flexibility index (Phi) is 8.69. The number of aryl methyl sites for hydroxylation is 2. The highest BCUT2D eigenvalue weighted by molar-refractivity contribution is 7.10. The summed E-state index contributed by atoms with van der Waals surface area (Å²) < 4.78 is 0. The van der Waals surface area contributed by atoms with E-state index in [2.05, 4.69) is 23.6 Å². The lowest BCUT2D eigenvalue weighted by atomic mass is 10.1. The molecule has 0 saturated carbocycles. The van der Waals surface area contributed by atoms with Crippen molar-refractivity contribution in [2.45, 2.75) is 51.5 Å². The maximum Gasteiger partial charge on any atom is 0.220 e. The van der Waals surface area contributed by atoms with Crippen LogP contribution in [0.3, 0.4) is 0 Å². The molecule has 1 atom stereocenters. The van der Waals surface area contributed by atoms with Crippen LogP contribution in [0.4, 0.5) is 0 Å². The minimum Gasteiger partial charge on any atom is -0.354 e. The number of nitrogens with one attached hydrogen (secondary N) is 2. The molecule has 136 valence electrons. The summed E-state index contributed by atoms with van der Waals surface area (Å²) in [4.78, 5) is 26.6. The lowest BCUT2D eigenvalue weighted by molar-refractivity contribution is -0.123. The lowest BCUT2D eigenvalue weighted by Gasteiger charge is -2.19. The topological polar surface area (TPSA) is 58.2 Å². The number of hydrogen-bond donors (Lipinski definition) is 2. The fourth-order valence-corrected chi connectivity index (χ4v) is 4.00. The highest BCUT2D eigenvalue weighted by atomic mass is 32.1. The van der Waals surface area contributed by atoms with Crippen LogP contribution in [0, 0.1) is 0 Å². The molecule has 0 bridgehead atoms. The second-order valence-electron chi connectivity index (χ2n) is 6.02. The summed E-state index contributed by atoms with van der Waals surface area (Å²) in [5, 5.41) is 10.1. The van der Waals surface area contributed by atoms with Crippen LogP contribution in [0.1, 0.15) is 42.4 Å². The second-order valence-corrected chi connectivity index (χ2v) is 8.08. The summed E-state index contributed by atoms with van der Waals surface area (Å²) in [5.74, 6) is 0.0991. The Morgan fingerprint density at radius 1 is 1.00 bits per heavy atom. The van der Waals surface area contributed by atoms with Crippen LogP contribution in [0.25, 0.3) is 0 Å². The molecule has 0 aliphatic heterocycles. The van der Waals surface area contributed by atoms with Gasteiger partial charge in [-0.25, -0.2) is 0 Å². The largest absolute Gasteiger partial charge is 0.354 e. The Morgan fingerprint density at radius 3 is 2.12 bits per heavy atom. The summed E-state index contributed by atoms with van der Waals surface area (Å²) in [5.41, 5.74) is 0. The van der Waals surface area contributed by atoms with Gasteiger partial charge in [0.15, 0.2) is 0 Å². The third-order valence-electron chi connectivity index (χ3n) is 3.91. The van der Waals surface area contributed by atoms with Gasteiger partial charge in [-0.2, -0.15) is 0 Å². The Hall–Kier alpha value is -1.66. The average Bonchev–Trinajstić information content (AvgIpc) is 3.29. The Morgan fingerprint density at radius 2 is 1.60 bits per heavy atom. The SMILES string of the molecule is CCCC(CNC(=O)CCc1cccs1)NC(=O)CCc1cccs1. The van der Waals surface area contributed by atoms with Crippen molar-refractivity contribution in [3.63, 3.8) is 0 Å². The molecule has 25 heavy (non-hydrogen) atoms. The molecule has 0 radical (unpaired) electrons. The third kappa shape index (κ3) is 7.84. The van der Waals surface area contributed by atoms with Crippen molar-refractivity contribution in [3.8, 4) is 0 Å². The van der Waals surface area contributed by atoms with E-state index < -0.39 is 0 Å². The number of thiophene rings is 2. The van der Waals surface area contributed by atoms with Gasteiger partial charge in [-0.1, -0.05) is 25.5 Å². The molecule has 2 amide bonds. The highest BCUT2D eigenvalue weighted by Gasteiger charge is 2.13. The maximum atomic E-state index is 12.1. The normalized spacial score (nSPS) is 11.9. The van der Waals surface area contributed by atoms with Crippen LogP contribution in [0.2, 0.25) is 0 Å². The molecule has 0 spiro atoms. The van der Waals surface area contributed by atoms with Gasteiger partial charge in [-0.05, 0) is 42.2 Å². The molecule has 1 unspecified atom stereocenters. The molecule has 0 saturated heterocycles. The molecule has 2 aromatic rings. The zero-order valence-corrected chi connectivity index (χ0v) is 16.3. The predicted octanol–water partition coefficient (Wildman–Crippen LogP) is 3.78. The minimum atomic E-state index is 0.00604. The van der Waals surface area contributed by atoms with Crippen LogP contribution in [-0.4, -0.2) is 24.4 Å². The first-order chi connectivity index (χ1) is 12.2. The van der Waals surface area contributed by atoms with Gasteiger partial charge in [0.25, 0.3) is 0 Å². The standard InChI is InChI=1S/C19H26N2O2S2/c1-2-5-15(21-19(23)11-9-17-7-4-13-25-17)14-20-18(22)10-8-16-6-3-12-24-16/h3-4,6-7,12-13,15H,2,5,8-11,14H2,1H3,(H,20,22)(H,21,23). The molecule has 2 aromatic heterocycles. The van der Waals surface area contributed by atoms with E-state index in [1.807, 2.05) is 29.0 Å². The number of amides is 2. The van der Waals surface area contributed by atoms with Gasteiger partial charge in [-0.3, -0.25) is 9.59 Å². The molecular weight excluding hydrogens is 352 g/mol. The van der Waals surface area contributed by atoms with E-state index in [9.17, 15) is 9.59 Å². The maximum absolute atomic E-state index is 12.1. The fraction of sp³-hybridized carbons (Fsp3) is 0.474. The van der Waals surface area contributed by atoms with E-state index in [1.165, 1.54) is 9.75 Å². The van der Waals surface area contributed by atoms with Gasteiger partial charge in [-0.15, -0.1) is 22.7 Å². The number of carbonyl (C=O) groups is 2. The quantitative estimate of drug-likeness (QED) is 0.625. The molecule has 4 nitrogen and oxygen atoms in total. The van der Waals surface area contributed by atoms with Gasteiger partial charge in [0, 0.05) is 35.2 Å². The third-order valence-corrected chi connectivity index (χ3v) is 5.78. The highest BCUT2D eigenvalue weighted by Crippen LogP contribution is 2.11. The van der Waals surface area contributed by atoms with E-state index in [0.717, 1.165) is 25.7 Å². The average molecular weight is 379 g/mol. The van der Waals surface area contributed by atoms with E-state index in [4.69, 9.17) is 0 Å². The van der Waals surface area contributed by atoms with Crippen LogP contribution in [-0.2, 0) is 22.4 Å². The first-order valence-electron chi connectivity index (χ1n) is 8.78. The molecule has 2 N–H and O–H groups in total. The summed E-state index contributed by atoms with van der Waals surface area (Å²) >= 11 is 3.35. The lowest BCUT2D eigenvalue weighted by Crippen LogP contribution is -2.43. The van der Waals surface area contributed by atoms with Crippen LogP contribution in [0.15, 0.2) is 35.0 Å².